The van der Waals surface area contributed by atoms with E-state index in [1.165, 1.54) is 5.57 Å². The molecule has 4 rings (SSSR count). The van der Waals surface area contributed by atoms with Crippen LogP contribution in [0, 0.1) is 0 Å². The molecule has 6 heteroatoms. The fraction of sp³-hybridized carbons (Fsp3) is 0.412. The quantitative estimate of drug-likeness (QED) is 0.930. The Morgan fingerprint density at radius 1 is 1.35 bits per heavy atom. The van der Waals surface area contributed by atoms with Crippen molar-refractivity contribution in [1.29, 1.82) is 0 Å². The number of para-hydroxylation sites is 1. The average Bonchev–Trinajstić information content (AvgIpc) is 3.00. The Hall–Kier alpha value is -2.18. The molecule has 1 atom stereocenters. The molecule has 0 amide bonds. The number of hydrogen-bond donors (Lipinski definition) is 1. The lowest BCUT2D eigenvalue weighted by molar-refractivity contribution is 0.105. The van der Waals surface area contributed by atoms with Crippen molar-refractivity contribution < 1.29 is 9.84 Å². The van der Waals surface area contributed by atoms with Crippen LogP contribution in [-0.4, -0.2) is 51.2 Å². The minimum absolute atomic E-state index is 0.340. The van der Waals surface area contributed by atoms with Gasteiger partial charge in [0.1, 0.15) is 18.1 Å². The van der Waals surface area contributed by atoms with Gasteiger partial charge in [0, 0.05) is 25.2 Å². The van der Waals surface area contributed by atoms with Crippen molar-refractivity contribution >= 4 is 6.08 Å². The zero-order valence-corrected chi connectivity index (χ0v) is 13.1. The first-order valence-corrected chi connectivity index (χ1v) is 7.92. The zero-order chi connectivity index (χ0) is 15.8. The maximum atomic E-state index is 9.51. The first-order chi connectivity index (χ1) is 11.2. The van der Waals surface area contributed by atoms with Gasteiger partial charge in [-0.05, 0) is 24.6 Å². The van der Waals surface area contributed by atoms with Crippen LogP contribution < -0.4 is 4.74 Å². The molecule has 1 N–H and O–H groups in total. The second kappa shape index (κ2) is 5.79. The normalized spacial score (nSPS) is 19.5. The number of hydrogen-bond acceptors (Lipinski definition) is 5. The minimum atomic E-state index is -0.565. The van der Waals surface area contributed by atoms with E-state index in [1.54, 1.807) is 6.92 Å². The number of aliphatic hydroxyl groups is 1. The van der Waals surface area contributed by atoms with Crippen molar-refractivity contribution in [2.24, 2.45) is 0 Å². The number of benzene rings is 1. The van der Waals surface area contributed by atoms with E-state index in [-0.39, 0.29) is 0 Å². The molecule has 1 aromatic carbocycles. The van der Waals surface area contributed by atoms with Crippen LogP contribution in [0.1, 0.15) is 30.3 Å². The van der Waals surface area contributed by atoms with Gasteiger partial charge < -0.3 is 9.84 Å². The first kappa shape index (κ1) is 14.4. The summed E-state index contributed by atoms with van der Waals surface area (Å²) in [5, 5.41) is 17.6. The van der Waals surface area contributed by atoms with Crippen LogP contribution in [0.2, 0.25) is 0 Å². The fourth-order valence-electron chi connectivity index (χ4n) is 3.04. The predicted octanol–water partition coefficient (Wildman–Crippen LogP) is 1.66. The van der Waals surface area contributed by atoms with Crippen LogP contribution in [0.15, 0.2) is 36.0 Å². The highest BCUT2D eigenvalue weighted by Crippen LogP contribution is 2.28. The van der Waals surface area contributed by atoms with E-state index in [2.05, 4.69) is 27.4 Å². The summed E-state index contributed by atoms with van der Waals surface area (Å²) in [5.74, 6) is 0.964. The molecule has 0 spiro atoms. The number of rotatable bonds is 4. The van der Waals surface area contributed by atoms with Crippen molar-refractivity contribution in [2.75, 3.05) is 26.2 Å². The Labute approximate surface area is 135 Å². The summed E-state index contributed by atoms with van der Waals surface area (Å²) in [6.07, 6.45) is 3.50. The highest BCUT2D eigenvalue weighted by Gasteiger charge is 2.30. The summed E-state index contributed by atoms with van der Waals surface area (Å²) >= 11 is 0. The van der Waals surface area contributed by atoms with Gasteiger partial charge in [-0.15, -0.1) is 5.10 Å². The Morgan fingerprint density at radius 3 is 2.96 bits per heavy atom. The second-order valence-electron chi connectivity index (χ2n) is 6.28. The van der Waals surface area contributed by atoms with Crippen molar-refractivity contribution in [1.82, 2.24) is 19.9 Å². The van der Waals surface area contributed by atoms with Crippen molar-refractivity contribution in [2.45, 2.75) is 19.1 Å². The second-order valence-corrected chi connectivity index (χ2v) is 6.28. The van der Waals surface area contributed by atoms with Crippen LogP contribution in [0.3, 0.4) is 0 Å². The van der Waals surface area contributed by atoms with Crippen molar-refractivity contribution in [3.05, 3.63) is 47.3 Å². The third kappa shape index (κ3) is 2.87. The lowest BCUT2D eigenvalue weighted by atomic mass is 10.0. The maximum Gasteiger partial charge on any atom is 0.127 e. The van der Waals surface area contributed by atoms with Gasteiger partial charge in [-0.25, -0.2) is 4.68 Å². The molecule has 1 fully saturated rings. The molecule has 3 heterocycles. The van der Waals surface area contributed by atoms with Crippen LogP contribution in [-0.2, 0) is 0 Å². The van der Waals surface area contributed by atoms with Crippen molar-refractivity contribution in [3.8, 4) is 5.75 Å². The number of ether oxygens (including phenoxy) is 1. The van der Waals surface area contributed by atoms with Gasteiger partial charge >= 0.3 is 0 Å². The van der Waals surface area contributed by atoms with Crippen LogP contribution in [0.25, 0.3) is 6.08 Å². The molecule has 0 aliphatic carbocycles. The Morgan fingerprint density at radius 2 is 2.17 bits per heavy atom. The average molecular weight is 312 g/mol. The summed E-state index contributed by atoms with van der Waals surface area (Å²) in [5.41, 5.74) is 3.08. The van der Waals surface area contributed by atoms with Gasteiger partial charge in [0.25, 0.3) is 0 Å². The summed E-state index contributed by atoms with van der Waals surface area (Å²) < 4.78 is 7.66. The van der Waals surface area contributed by atoms with E-state index >= 15 is 0 Å². The Kier molecular flexibility index (Phi) is 3.63. The third-order valence-corrected chi connectivity index (χ3v) is 4.39. The zero-order valence-electron chi connectivity index (χ0n) is 13.1. The number of aromatic nitrogens is 3. The Balaban J connectivity index is 1.35. The summed E-state index contributed by atoms with van der Waals surface area (Å²) in [4.78, 5) is 2.37. The number of likely N-dealkylation sites (tertiary alicyclic amines) is 1. The first-order valence-electron chi connectivity index (χ1n) is 7.92. The molecule has 23 heavy (non-hydrogen) atoms. The van der Waals surface area contributed by atoms with E-state index in [4.69, 9.17) is 4.74 Å². The molecule has 1 unspecified atom stereocenters. The van der Waals surface area contributed by atoms with Crippen molar-refractivity contribution in [3.63, 3.8) is 0 Å². The van der Waals surface area contributed by atoms with Gasteiger partial charge in [0.05, 0.1) is 18.3 Å². The van der Waals surface area contributed by atoms with Gasteiger partial charge in [0.2, 0.25) is 0 Å². The summed E-state index contributed by atoms with van der Waals surface area (Å²) in [6.45, 7) is 5.18. The van der Waals surface area contributed by atoms with Crippen LogP contribution in [0.4, 0.5) is 0 Å². The monoisotopic (exact) mass is 312 g/mol. The van der Waals surface area contributed by atoms with E-state index < -0.39 is 6.10 Å². The molecule has 1 saturated heterocycles. The van der Waals surface area contributed by atoms with E-state index in [0.717, 1.165) is 30.9 Å². The topological polar surface area (TPSA) is 63.4 Å². The van der Waals surface area contributed by atoms with Gasteiger partial charge in [0.15, 0.2) is 0 Å². The third-order valence-electron chi connectivity index (χ3n) is 4.39. The molecule has 2 aromatic rings. The molecule has 0 bridgehead atoms. The molecule has 2 aliphatic rings. The molecular weight excluding hydrogens is 292 g/mol. The largest absolute Gasteiger partial charge is 0.489 e. The molecule has 2 aliphatic heterocycles. The predicted molar refractivity (Wildman–Crippen MR) is 86.0 cm³/mol. The number of nitrogens with zero attached hydrogens (tertiary/aromatic N) is 4. The number of aliphatic hydroxyl groups excluding tert-OH is 1. The van der Waals surface area contributed by atoms with Crippen LogP contribution >= 0.6 is 0 Å². The molecular formula is C17H20N4O2. The van der Waals surface area contributed by atoms with Gasteiger partial charge in [-0.2, -0.15) is 0 Å². The lowest BCUT2D eigenvalue weighted by Crippen LogP contribution is -2.48. The van der Waals surface area contributed by atoms with E-state index in [1.807, 2.05) is 29.1 Å². The number of fused-ring (bicyclic) bond motifs is 1. The van der Waals surface area contributed by atoms with E-state index in [0.29, 0.717) is 18.3 Å². The lowest BCUT2D eigenvalue weighted by Gasteiger charge is -2.39. The SMILES string of the molecule is CC(O)c1cn(C2CN(CC3=Cc4ccccc4OC3)C2)nn1. The van der Waals surface area contributed by atoms with Gasteiger partial charge in [-0.1, -0.05) is 23.4 Å². The molecule has 0 radical (unpaired) electrons. The summed E-state index contributed by atoms with van der Waals surface area (Å²) in [6, 6.07) is 8.46. The Bertz CT molecular complexity index is 732. The standard InChI is InChI=1S/C17H20N4O2/c1-12(22)16-10-21(19-18-16)15-8-20(9-15)7-13-6-14-4-2-3-5-17(14)23-11-13/h2-6,10,12,15,22H,7-9,11H2,1H3. The highest BCUT2D eigenvalue weighted by molar-refractivity contribution is 5.62. The molecule has 1 aromatic heterocycles. The molecule has 6 nitrogen and oxygen atoms in total. The molecule has 0 saturated carbocycles. The van der Waals surface area contributed by atoms with Gasteiger partial charge in [-0.3, -0.25) is 4.90 Å². The van der Waals surface area contributed by atoms with E-state index in [9.17, 15) is 5.11 Å². The summed E-state index contributed by atoms with van der Waals surface area (Å²) in [7, 11) is 0. The van der Waals surface area contributed by atoms with Crippen LogP contribution in [0.5, 0.6) is 5.75 Å². The molecule has 120 valence electrons. The maximum absolute atomic E-state index is 9.51. The highest BCUT2D eigenvalue weighted by atomic mass is 16.5. The smallest absolute Gasteiger partial charge is 0.127 e. The fourth-order valence-corrected chi connectivity index (χ4v) is 3.04. The minimum Gasteiger partial charge on any atom is -0.489 e.